The third-order valence-corrected chi connectivity index (χ3v) is 1.43. The van der Waals surface area contributed by atoms with Gasteiger partial charge in [0.2, 0.25) is 0 Å². The van der Waals surface area contributed by atoms with Crippen molar-refractivity contribution in [3.05, 3.63) is 29.1 Å². The summed E-state index contributed by atoms with van der Waals surface area (Å²) in [5.41, 5.74) is 0.462. The van der Waals surface area contributed by atoms with Crippen LogP contribution in [0.3, 0.4) is 0 Å². The minimum Gasteiger partial charge on any atom is -0.246 e. The highest BCUT2D eigenvalue weighted by Crippen LogP contribution is 2.10. The highest BCUT2D eigenvalue weighted by Gasteiger charge is 2.03. The van der Waals surface area contributed by atoms with Gasteiger partial charge >= 0.3 is 0 Å². The quantitative estimate of drug-likeness (QED) is 0.676. The molecule has 0 aliphatic rings. The maximum Gasteiger partial charge on any atom is 0.146 e. The van der Waals surface area contributed by atoms with Crippen molar-refractivity contribution < 1.29 is 8.78 Å². The molecular formula is C8H6F2N2. The van der Waals surface area contributed by atoms with E-state index in [1.165, 1.54) is 12.3 Å². The predicted octanol–water partition coefficient (Wildman–Crippen LogP) is 1.89. The molecule has 1 aromatic heterocycles. The molecule has 12 heavy (non-hydrogen) atoms. The van der Waals surface area contributed by atoms with Gasteiger partial charge in [0.1, 0.15) is 25.1 Å². The van der Waals surface area contributed by atoms with Gasteiger partial charge in [0.25, 0.3) is 0 Å². The molecular weight excluding hydrogens is 162 g/mol. The van der Waals surface area contributed by atoms with E-state index in [9.17, 15) is 8.78 Å². The summed E-state index contributed by atoms with van der Waals surface area (Å²) in [6.45, 7) is -1.48. The van der Waals surface area contributed by atoms with Crippen molar-refractivity contribution >= 4 is 0 Å². The Morgan fingerprint density at radius 2 is 2.17 bits per heavy atom. The van der Waals surface area contributed by atoms with Crippen molar-refractivity contribution in [1.82, 2.24) is 4.98 Å². The molecule has 1 aromatic rings. The maximum absolute atomic E-state index is 12.2. The lowest BCUT2D eigenvalue weighted by Crippen LogP contribution is -1.93. The van der Waals surface area contributed by atoms with Crippen molar-refractivity contribution in [3.8, 4) is 6.07 Å². The molecule has 4 heteroatoms. The molecule has 2 nitrogen and oxygen atoms in total. The summed E-state index contributed by atoms with van der Waals surface area (Å²) in [7, 11) is 0. The average molecular weight is 168 g/mol. The molecule has 0 spiro atoms. The molecule has 1 heterocycles. The van der Waals surface area contributed by atoms with Gasteiger partial charge in [-0.3, -0.25) is 0 Å². The van der Waals surface area contributed by atoms with E-state index in [1.54, 1.807) is 6.07 Å². The second-order valence-electron chi connectivity index (χ2n) is 2.23. The van der Waals surface area contributed by atoms with Crippen molar-refractivity contribution in [1.29, 1.82) is 5.26 Å². The van der Waals surface area contributed by atoms with E-state index in [1.807, 2.05) is 0 Å². The Hall–Kier alpha value is -1.50. The Bertz CT molecular complexity index is 317. The van der Waals surface area contributed by atoms with Gasteiger partial charge in [-0.05, 0) is 6.07 Å². The van der Waals surface area contributed by atoms with E-state index in [-0.39, 0.29) is 11.3 Å². The Morgan fingerprint density at radius 3 is 2.67 bits per heavy atom. The van der Waals surface area contributed by atoms with Crippen LogP contribution in [0.4, 0.5) is 8.78 Å². The monoisotopic (exact) mass is 168 g/mol. The van der Waals surface area contributed by atoms with E-state index < -0.39 is 13.3 Å². The predicted molar refractivity (Wildman–Crippen MR) is 38.6 cm³/mol. The molecule has 0 amide bonds. The number of rotatable bonds is 2. The number of hydrogen-bond donors (Lipinski definition) is 0. The van der Waals surface area contributed by atoms with Crippen molar-refractivity contribution in [2.45, 2.75) is 13.3 Å². The summed E-state index contributed by atoms with van der Waals surface area (Å²) in [5.74, 6) is 0. The van der Waals surface area contributed by atoms with Crippen molar-refractivity contribution in [2.24, 2.45) is 0 Å². The van der Waals surface area contributed by atoms with Gasteiger partial charge < -0.3 is 0 Å². The Kier molecular flexibility index (Phi) is 2.70. The van der Waals surface area contributed by atoms with Gasteiger partial charge in [-0.2, -0.15) is 5.26 Å². The normalized spacial score (nSPS) is 9.42. The zero-order valence-corrected chi connectivity index (χ0v) is 6.22. The van der Waals surface area contributed by atoms with Crippen LogP contribution in [0.5, 0.6) is 0 Å². The van der Waals surface area contributed by atoms with Crippen LogP contribution in [-0.4, -0.2) is 4.98 Å². The number of aromatic nitrogens is 1. The van der Waals surface area contributed by atoms with Crippen LogP contribution in [-0.2, 0) is 13.3 Å². The first-order valence-electron chi connectivity index (χ1n) is 3.31. The summed E-state index contributed by atoms with van der Waals surface area (Å²) >= 11 is 0. The van der Waals surface area contributed by atoms with Crippen LogP contribution < -0.4 is 0 Å². The largest absolute Gasteiger partial charge is 0.246 e. The first-order chi connectivity index (χ1) is 5.81. The SMILES string of the molecule is N#Cc1ncc(CF)cc1CF. The van der Waals surface area contributed by atoms with E-state index in [2.05, 4.69) is 4.98 Å². The molecule has 62 valence electrons. The third kappa shape index (κ3) is 1.56. The lowest BCUT2D eigenvalue weighted by molar-refractivity contribution is 0.472. The Balaban J connectivity index is 3.13. The van der Waals surface area contributed by atoms with Crippen LogP contribution in [0.15, 0.2) is 12.3 Å². The number of alkyl halides is 2. The van der Waals surface area contributed by atoms with Crippen LogP contribution in [0.1, 0.15) is 16.8 Å². The molecule has 1 rings (SSSR count). The highest BCUT2D eigenvalue weighted by atomic mass is 19.1. The smallest absolute Gasteiger partial charge is 0.146 e. The van der Waals surface area contributed by atoms with Crippen LogP contribution >= 0.6 is 0 Å². The fourth-order valence-electron chi connectivity index (χ4n) is 0.835. The number of pyridine rings is 1. The second kappa shape index (κ2) is 3.77. The zero-order chi connectivity index (χ0) is 8.97. The first-order valence-corrected chi connectivity index (χ1v) is 3.31. The van der Waals surface area contributed by atoms with Gasteiger partial charge in [0, 0.05) is 17.3 Å². The van der Waals surface area contributed by atoms with Crippen LogP contribution in [0, 0.1) is 11.3 Å². The lowest BCUT2D eigenvalue weighted by Gasteiger charge is -1.98. The maximum atomic E-state index is 12.2. The molecule has 0 unspecified atom stereocenters. The summed E-state index contributed by atoms with van der Waals surface area (Å²) < 4.78 is 24.2. The molecule has 0 aliphatic carbocycles. The highest BCUT2D eigenvalue weighted by molar-refractivity contribution is 5.32. The molecule has 0 atom stereocenters. The van der Waals surface area contributed by atoms with Crippen molar-refractivity contribution in [2.75, 3.05) is 0 Å². The summed E-state index contributed by atoms with van der Waals surface area (Å²) in [4.78, 5) is 3.60. The molecule has 0 aromatic carbocycles. The number of nitriles is 1. The zero-order valence-electron chi connectivity index (χ0n) is 6.22. The molecule has 0 fully saturated rings. The average Bonchev–Trinajstić information content (AvgIpc) is 2.16. The minimum atomic E-state index is -0.788. The summed E-state index contributed by atoms with van der Waals surface area (Å²) in [6.07, 6.45) is 1.23. The van der Waals surface area contributed by atoms with Gasteiger partial charge in [-0.15, -0.1) is 0 Å². The van der Waals surface area contributed by atoms with Crippen LogP contribution in [0.25, 0.3) is 0 Å². The Morgan fingerprint density at radius 1 is 1.42 bits per heavy atom. The van der Waals surface area contributed by atoms with Gasteiger partial charge in [0.15, 0.2) is 0 Å². The van der Waals surface area contributed by atoms with E-state index in [4.69, 9.17) is 5.26 Å². The molecule has 0 N–H and O–H groups in total. The fourth-order valence-corrected chi connectivity index (χ4v) is 0.835. The number of halogens is 2. The first kappa shape index (κ1) is 8.60. The third-order valence-electron chi connectivity index (χ3n) is 1.43. The number of hydrogen-bond acceptors (Lipinski definition) is 2. The van der Waals surface area contributed by atoms with E-state index in [0.29, 0.717) is 5.56 Å². The van der Waals surface area contributed by atoms with Crippen LogP contribution in [0.2, 0.25) is 0 Å². The Labute approximate surface area is 68.5 Å². The van der Waals surface area contributed by atoms with Crippen molar-refractivity contribution in [3.63, 3.8) is 0 Å². The summed E-state index contributed by atoms with van der Waals surface area (Å²) in [6, 6.07) is 3.04. The van der Waals surface area contributed by atoms with E-state index in [0.717, 1.165) is 0 Å². The van der Waals surface area contributed by atoms with Gasteiger partial charge in [0.05, 0.1) is 0 Å². The molecule has 0 saturated heterocycles. The fraction of sp³-hybridized carbons (Fsp3) is 0.250. The van der Waals surface area contributed by atoms with E-state index >= 15 is 0 Å². The van der Waals surface area contributed by atoms with Gasteiger partial charge in [-0.25, -0.2) is 13.8 Å². The second-order valence-corrected chi connectivity index (χ2v) is 2.23. The minimum absolute atomic E-state index is 0.0229. The lowest BCUT2D eigenvalue weighted by atomic mass is 10.2. The molecule has 0 bridgehead atoms. The summed E-state index contributed by atoms with van der Waals surface area (Å²) in [5, 5.41) is 8.44. The topological polar surface area (TPSA) is 36.7 Å². The molecule has 0 saturated carbocycles. The number of nitrogens with zero attached hydrogens (tertiary/aromatic N) is 2. The molecule has 0 aliphatic heterocycles. The van der Waals surface area contributed by atoms with Gasteiger partial charge in [-0.1, -0.05) is 0 Å². The molecule has 0 radical (unpaired) electrons. The standard InChI is InChI=1S/C8H6F2N2/c9-2-6-1-7(3-10)8(4-11)12-5-6/h1,5H,2-3H2.